The summed E-state index contributed by atoms with van der Waals surface area (Å²) in [6, 6.07) is 12.5. The fourth-order valence-electron chi connectivity index (χ4n) is 3.33. The van der Waals surface area contributed by atoms with Crippen LogP contribution in [-0.2, 0) is 29.0 Å². The summed E-state index contributed by atoms with van der Waals surface area (Å²) >= 11 is 0. The van der Waals surface area contributed by atoms with Crippen LogP contribution in [0.25, 0.3) is 11.6 Å². The van der Waals surface area contributed by atoms with Gasteiger partial charge in [0.1, 0.15) is 0 Å². The Hall–Kier alpha value is -3.93. The standard InChI is InChI=1S/C23H26N4O7S/c1-17(28)24-20-9-7-19(8-10-20)22(15-18-5-11-21(12-6-18)35(2,31)32)23(29)33-16-34-25-27(30)26-13-3-4-14-26/h5-12,15H,3-4,13-14,16H2,1-2H3,(H,24,28)/b22-15-,27-25-. The third-order valence-electron chi connectivity index (χ3n) is 5.05. The summed E-state index contributed by atoms with van der Waals surface area (Å²) in [7, 11) is -3.37. The highest BCUT2D eigenvalue weighted by atomic mass is 32.2. The molecule has 0 bridgehead atoms. The van der Waals surface area contributed by atoms with Crippen LogP contribution in [0.4, 0.5) is 5.69 Å². The van der Waals surface area contributed by atoms with Crippen LogP contribution in [0.3, 0.4) is 0 Å². The molecule has 0 unspecified atom stereocenters. The van der Waals surface area contributed by atoms with Crippen LogP contribution < -0.4 is 5.32 Å². The zero-order valence-electron chi connectivity index (χ0n) is 19.3. The highest BCUT2D eigenvalue weighted by Crippen LogP contribution is 2.23. The Morgan fingerprint density at radius 3 is 2.31 bits per heavy atom. The second-order valence-electron chi connectivity index (χ2n) is 7.83. The van der Waals surface area contributed by atoms with E-state index in [1.54, 1.807) is 36.4 Å². The molecule has 0 saturated carbocycles. The summed E-state index contributed by atoms with van der Waals surface area (Å²) in [5.41, 5.74) is 1.73. The maximum Gasteiger partial charge on any atom is 0.341 e. The lowest BCUT2D eigenvalue weighted by molar-refractivity contribution is -0.708. The minimum atomic E-state index is -3.37. The van der Waals surface area contributed by atoms with Gasteiger partial charge in [-0.15, -0.1) is 5.01 Å². The molecule has 12 heteroatoms. The molecular formula is C23H26N4O7S. The van der Waals surface area contributed by atoms with E-state index in [2.05, 4.69) is 10.6 Å². The fraction of sp³-hybridized carbons (Fsp3) is 0.304. The number of nitrogens with one attached hydrogen (secondary N) is 1. The zero-order chi connectivity index (χ0) is 25.4. The lowest BCUT2D eigenvalue weighted by Gasteiger charge is -2.11. The van der Waals surface area contributed by atoms with Crippen molar-refractivity contribution in [2.45, 2.75) is 24.7 Å². The largest absolute Gasteiger partial charge is 0.569 e. The maximum absolute atomic E-state index is 12.9. The Labute approximate surface area is 203 Å². The number of benzene rings is 2. The number of nitrogens with zero attached hydrogens (tertiary/aromatic N) is 3. The Balaban J connectivity index is 1.78. The monoisotopic (exact) mass is 502 g/mol. The van der Waals surface area contributed by atoms with Crippen molar-refractivity contribution in [3.05, 3.63) is 64.9 Å². The van der Waals surface area contributed by atoms with E-state index in [9.17, 15) is 23.2 Å². The van der Waals surface area contributed by atoms with Gasteiger partial charge in [0.2, 0.25) is 11.2 Å². The molecule has 1 aliphatic rings. The molecule has 1 fully saturated rings. The van der Waals surface area contributed by atoms with Crippen molar-refractivity contribution in [3.63, 3.8) is 0 Å². The molecule has 0 spiro atoms. The number of sulfone groups is 1. The van der Waals surface area contributed by atoms with Crippen molar-refractivity contribution in [1.82, 2.24) is 5.01 Å². The maximum atomic E-state index is 12.9. The lowest BCUT2D eigenvalue weighted by Crippen LogP contribution is -2.27. The minimum Gasteiger partial charge on any atom is -0.569 e. The van der Waals surface area contributed by atoms with Gasteiger partial charge in [-0.2, -0.15) is 0 Å². The van der Waals surface area contributed by atoms with Crippen LogP contribution in [0.1, 0.15) is 30.9 Å². The first-order valence-electron chi connectivity index (χ1n) is 10.8. The first kappa shape index (κ1) is 25.7. The van der Waals surface area contributed by atoms with Gasteiger partial charge in [0.05, 0.1) is 28.5 Å². The number of esters is 1. The summed E-state index contributed by atoms with van der Waals surface area (Å²) in [6.45, 7) is 1.96. The van der Waals surface area contributed by atoms with Crippen LogP contribution in [0, 0.1) is 5.21 Å². The van der Waals surface area contributed by atoms with Gasteiger partial charge < -0.3 is 20.1 Å². The van der Waals surface area contributed by atoms with E-state index in [0.717, 1.165) is 19.1 Å². The summed E-state index contributed by atoms with van der Waals surface area (Å²) in [6.07, 6.45) is 4.42. The van der Waals surface area contributed by atoms with E-state index in [0.29, 0.717) is 34.9 Å². The van der Waals surface area contributed by atoms with E-state index >= 15 is 0 Å². The molecule has 2 aromatic rings. The summed E-state index contributed by atoms with van der Waals surface area (Å²) < 4.78 is 28.6. The number of hydrogen-bond acceptors (Lipinski definition) is 8. The number of ether oxygens (including phenoxy) is 1. The number of anilines is 1. The summed E-state index contributed by atoms with van der Waals surface area (Å²) in [5.74, 6) is -0.987. The molecule has 1 saturated heterocycles. The molecule has 1 N–H and O–H groups in total. The van der Waals surface area contributed by atoms with Gasteiger partial charge in [0.25, 0.3) is 6.79 Å². The topological polar surface area (TPSA) is 140 Å². The molecule has 35 heavy (non-hydrogen) atoms. The SMILES string of the molecule is CC(=O)Nc1ccc(/C(=C/c2ccc(S(C)(=O)=O)cc2)C(=O)OCO/N=[N+](\[O-])N2CCCC2)cc1. The van der Waals surface area contributed by atoms with Crippen molar-refractivity contribution >= 4 is 39.1 Å². The molecule has 1 aliphatic heterocycles. The van der Waals surface area contributed by atoms with Gasteiger partial charge in [-0.25, -0.2) is 13.2 Å². The van der Waals surface area contributed by atoms with Crippen molar-refractivity contribution in [3.8, 4) is 0 Å². The van der Waals surface area contributed by atoms with Gasteiger partial charge >= 0.3 is 5.97 Å². The Kier molecular flexibility index (Phi) is 8.42. The first-order chi connectivity index (χ1) is 16.6. The highest BCUT2D eigenvalue weighted by molar-refractivity contribution is 7.90. The van der Waals surface area contributed by atoms with Gasteiger partial charge in [-0.3, -0.25) is 4.79 Å². The third-order valence-corrected chi connectivity index (χ3v) is 6.18. The van der Waals surface area contributed by atoms with E-state index in [1.807, 2.05) is 0 Å². The van der Waals surface area contributed by atoms with E-state index in [4.69, 9.17) is 9.57 Å². The molecule has 0 atom stereocenters. The average Bonchev–Trinajstić information content (AvgIpc) is 3.35. The van der Waals surface area contributed by atoms with Gasteiger partial charge in [-0.05, 0) is 54.3 Å². The number of carbonyl (C=O) groups is 2. The van der Waals surface area contributed by atoms with Crippen molar-refractivity contribution < 1.29 is 32.6 Å². The number of amides is 1. The molecule has 186 valence electrons. The van der Waals surface area contributed by atoms with Crippen LogP contribution in [-0.4, -0.2) is 56.4 Å². The van der Waals surface area contributed by atoms with Gasteiger partial charge in [-0.1, -0.05) is 24.3 Å². The predicted octanol–water partition coefficient (Wildman–Crippen LogP) is 2.99. The summed E-state index contributed by atoms with van der Waals surface area (Å²) in [4.78, 5) is 29.5. The highest BCUT2D eigenvalue weighted by Gasteiger charge is 2.19. The Morgan fingerprint density at radius 2 is 1.74 bits per heavy atom. The van der Waals surface area contributed by atoms with Crippen LogP contribution in [0.15, 0.2) is 58.7 Å². The summed E-state index contributed by atoms with van der Waals surface area (Å²) in [5, 5.41) is 19.3. The van der Waals surface area contributed by atoms with E-state index in [1.165, 1.54) is 30.1 Å². The van der Waals surface area contributed by atoms with Crippen LogP contribution >= 0.6 is 0 Å². The van der Waals surface area contributed by atoms with Gasteiger partial charge in [0, 0.05) is 18.9 Å². The Bertz CT molecular complexity index is 1220. The molecule has 1 heterocycles. The van der Waals surface area contributed by atoms with Crippen molar-refractivity contribution in [2.24, 2.45) is 5.28 Å². The number of hydrazine groups is 1. The number of hydrogen-bond donors (Lipinski definition) is 1. The first-order valence-corrected chi connectivity index (χ1v) is 12.6. The van der Waals surface area contributed by atoms with Gasteiger partial charge in [0.15, 0.2) is 9.84 Å². The number of carbonyl (C=O) groups excluding carboxylic acids is 2. The smallest absolute Gasteiger partial charge is 0.341 e. The van der Waals surface area contributed by atoms with Crippen molar-refractivity contribution in [2.75, 3.05) is 31.5 Å². The molecule has 3 rings (SSSR count). The molecule has 0 aliphatic carbocycles. The molecule has 0 aromatic heterocycles. The van der Waals surface area contributed by atoms with E-state index in [-0.39, 0.29) is 16.4 Å². The predicted molar refractivity (Wildman–Crippen MR) is 127 cm³/mol. The minimum absolute atomic E-state index is 0.147. The lowest BCUT2D eigenvalue weighted by atomic mass is 10.0. The van der Waals surface area contributed by atoms with Crippen LogP contribution in [0.2, 0.25) is 0 Å². The van der Waals surface area contributed by atoms with Crippen LogP contribution in [0.5, 0.6) is 0 Å². The normalized spacial score (nSPS) is 14.5. The zero-order valence-corrected chi connectivity index (χ0v) is 20.2. The Morgan fingerprint density at radius 1 is 1.11 bits per heavy atom. The quantitative estimate of drug-likeness (QED) is 0.0806. The molecule has 2 aromatic carbocycles. The molecular weight excluding hydrogens is 476 g/mol. The fourth-order valence-corrected chi connectivity index (χ4v) is 3.96. The van der Waals surface area contributed by atoms with Crippen molar-refractivity contribution in [1.29, 1.82) is 0 Å². The second-order valence-corrected chi connectivity index (χ2v) is 9.85. The average molecular weight is 503 g/mol. The second kappa shape index (κ2) is 11.5. The number of rotatable bonds is 9. The molecule has 1 amide bonds. The molecule has 11 nitrogen and oxygen atoms in total. The molecule has 0 radical (unpaired) electrons. The van der Waals surface area contributed by atoms with E-state index < -0.39 is 22.6 Å². The third kappa shape index (κ3) is 7.54.